The van der Waals surface area contributed by atoms with Crippen LogP contribution in [0.1, 0.15) is 38.3 Å². The lowest BCUT2D eigenvalue weighted by Gasteiger charge is -2.38. The highest BCUT2D eigenvalue weighted by Gasteiger charge is 2.28. The lowest BCUT2D eigenvalue weighted by atomic mass is 9.86. The van der Waals surface area contributed by atoms with Crippen LogP contribution in [0.4, 0.5) is 13.2 Å². The van der Waals surface area contributed by atoms with Crippen LogP contribution in [0.3, 0.4) is 0 Å². The lowest BCUT2D eigenvalue weighted by molar-refractivity contribution is 0.115. The number of nitrogens with two attached hydrogens (primary N) is 1. The molecule has 0 amide bonds. The Hall–Kier alpha value is -1.07. The summed E-state index contributed by atoms with van der Waals surface area (Å²) in [7, 11) is 0. The van der Waals surface area contributed by atoms with E-state index in [-0.39, 0.29) is 12.1 Å². The van der Waals surface area contributed by atoms with Crippen LogP contribution >= 0.6 is 0 Å². The number of halogens is 3. The summed E-state index contributed by atoms with van der Waals surface area (Å²) in [6, 6.07) is 1.15. The van der Waals surface area contributed by atoms with E-state index in [0.29, 0.717) is 17.9 Å². The van der Waals surface area contributed by atoms with E-state index in [4.69, 9.17) is 5.73 Å². The number of benzene rings is 1. The van der Waals surface area contributed by atoms with Gasteiger partial charge < -0.3 is 5.73 Å². The quantitative estimate of drug-likeness (QED) is 0.863. The van der Waals surface area contributed by atoms with Gasteiger partial charge in [-0.25, -0.2) is 13.2 Å². The van der Waals surface area contributed by atoms with Crippen LogP contribution < -0.4 is 5.73 Å². The first-order chi connectivity index (χ1) is 9.93. The molecule has 1 saturated heterocycles. The highest BCUT2D eigenvalue weighted by Crippen LogP contribution is 2.31. The molecule has 2 nitrogen and oxygen atoms in total. The molecule has 1 heterocycles. The number of rotatable bonds is 4. The lowest BCUT2D eigenvalue weighted by Crippen LogP contribution is -2.41. The van der Waals surface area contributed by atoms with Gasteiger partial charge in [0.25, 0.3) is 0 Å². The standard InChI is InChI=1S/C16H23F3N2/c1-10(2)11-3-5-21(6-4-11)16(9-20)12-7-14(18)15(19)8-13(12)17/h7-8,10-11,16H,3-6,9,20H2,1-2H3. The van der Waals surface area contributed by atoms with Gasteiger partial charge >= 0.3 is 0 Å². The molecule has 0 radical (unpaired) electrons. The molecule has 2 N–H and O–H groups in total. The molecule has 1 aromatic rings. The average Bonchev–Trinajstić information content (AvgIpc) is 2.45. The fourth-order valence-electron chi connectivity index (χ4n) is 3.16. The van der Waals surface area contributed by atoms with Crippen molar-refractivity contribution in [1.29, 1.82) is 0 Å². The predicted molar refractivity (Wildman–Crippen MR) is 77.2 cm³/mol. The second-order valence-corrected chi connectivity index (χ2v) is 6.16. The third kappa shape index (κ3) is 3.58. The number of hydrogen-bond acceptors (Lipinski definition) is 2. The molecular formula is C16H23F3N2. The Morgan fingerprint density at radius 2 is 1.67 bits per heavy atom. The minimum atomic E-state index is -1.16. The first kappa shape index (κ1) is 16.3. The highest BCUT2D eigenvalue weighted by atomic mass is 19.2. The molecular weight excluding hydrogens is 277 g/mol. The fraction of sp³-hybridized carbons (Fsp3) is 0.625. The van der Waals surface area contributed by atoms with Crippen molar-refractivity contribution in [2.24, 2.45) is 17.6 Å². The zero-order valence-electron chi connectivity index (χ0n) is 12.6. The van der Waals surface area contributed by atoms with Gasteiger partial charge in [-0.05, 0) is 43.8 Å². The van der Waals surface area contributed by atoms with Gasteiger partial charge in [0.05, 0.1) is 6.04 Å². The maximum atomic E-state index is 13.9. The highest BCUT2D eigenvalue weighted by molar-refractivity contribution is 5.24. The van der Waals surface area contributed by atoms with E-state index in [9.17, 15) is 13.2 Å². The molecule has 1 fully saturated rings. The van der Waals surface area contributed by atoms with Gasteiger partial charge in [-0.3, -0.25) is 4.90 Å². The van der Waals surface area contributed by atoms with Crippen molar-refractivity contribution in [2.75, 3.05) is 19.6 Å². The van der Waals surface area contributed by atoms with Gasteiger partial charge in [0.1, 0.15) is 5.82 Å². The minimum absolute atomic E-state index is 0.152. The van der Waals surface area contributed by atoms with Crippen LogP contribution in [0.2, 0.25) is 0 Å². The zero-order valence-corrected chi connectivity index (χ0v) is 12.6. The van der Waals surface area contributed by atoms with Gasteiger partial charge in [0, 0.05) is 18.2 Å². The van der Waals surface area contributed by atoms with Crippen molar-refractivity contribution >= 4 is 0 Å². The van der Waals surface area contributed by atoms with Gasteiger partial charge in [-0.2, -0.15) is 0 Å². The summed E-state index contributed by atoms with van der Waals surface area (Å²) in [6.45, 7) is 6.21. The SMILES string of the molecule is CC(C)C1CCN(C(CN)c2cc(F)c(F)cc2F)CC1. The van der Waals surface area contributed by atoms with Crippen molar-refractivity contribution < 1.29 is 13.2 Å². The van der Waals surface area contributed by atoms with Gasteiger partial charge in [0.15, 0.2) is 11.6 Å². The summed E-state index contributed by atoms with van der Waals surface area (Å²) >= 11 is 0. The number of piperidine rings is 1. The van der Waals surface area contributed by atoms with E-state index in [0.717, 1.165) is 32.0 Å². The van der Waals surface area contributed by atoms with Crippen molar-refractivity contribution in [3.8, 4) is 0 Å². The Balaban J connectivity index is 2.16. The first-order valence-corrected chi connectivity index (χ1v) is 7.52. The maximum absolute atomic E-state index is 13.9. The summed E-state index contributed by atoms with van der Waals surface area (Å²) < 4.78 is 40.4. The van der Waals surface area contributed by atoms with Gasteiger partial charge in [-0.1, -0.05) is 13.8 Å². The molecule has 1 aliphatic heterocycles. The smallest absolute Gasteiger partial charge is 0.161 e. The molecule has 0 aromatic heterocycles. The molecule has 2 rings (SSSR count). The monoisotopic (exact) mass is 300 g/mol. The predicted octanol–water partition coefficient (Wildman–Crippen LogP) is 3.47. The van der Waals surface area contributed by atoms with Gasteiger partial charge in [0.2, 0.25) is 0 Å². The second kappa shape index (κ2) is 6.79. The normalized spacial score (nSPS) is 19.2. The Labute approximate surface area is 124 Å². The molecule has 1 aliphatic rings. The van der Waals surface area contributed by atoms with Crippen LogP contribution in [0.15, 0.2) is 12.1 Å². The minimum Gasteiger partial charge on any atom is -0.329 e. The molecule has 1 atom stereocenters. The van der Waals surface area contributed by atoms with E-state index < -0.39 is 23.5 Å². The summed E-state index contributed by atoms with van der Waals surface area (Å²) in [6.07, 6.45) is 2.05. The number of likely N-dealkylation sites (tertiary alicyclic amines) is 1. The van der Waals surface area contributed by atoms with E-state index in [2.05, 4.69) is 18.7 Å². The number of nitrogens with zero attached hydrogens (tertiary/aromatic N) is 1. The third-order valence-electron chi connectivity index (χ3n) is 4.58. The molecule has 0 spiro atoms. The Morgan fingerprint density at radius 1 is 1.10 bits per heavy atom. The molecule has 0 aliphatic carbocycles. The second-order valence-electron chi connectivity index (χ2n) is 6.16. The van der Waals surface area contributed by atoms with Crippen LogP contribution in [-0.2, 0) is 0 Å². The summed E-state index contributed by atoms with van der Waals surface area (Å²) in [5.74, 6) is -1.62. The van der Waals surface area contributed by atoms with Crippen LogP contribution in [0.25, 0.3) is 0 Å². The maximum Gasteiger partial charge on any atom is 0.161 e. The average molecular weight is 300 g/mol. The molecule has 1 unspecified atom stereocenters. The fourth-order valence-corrected chi connectivity index (χ4v) is 3.16. The van der Waals surface area contributed by atoms with Crippen LogP contribution in [-0.4, -0.2) is 24.5 Å². The topological polar surface area (TPSA) is 29.3 Å². The molecule has 5 heteroatoms. The van der Waals surface area contributed by atoms with Crippen LogP contribution in [0, 0.1) is 29.3 Å². The summed E-state index contributed by atoms with van der Waals surface area (Å²) in [4.78, 5) is 2.08. The summed E-state index contributed by atoms with van der Waals surface area (Å²) in [5.41, 5.74) is 5.91. The van der Waals surface area contributed by atoms with E-state index in [1.165, 1.54) is 0 Å². The molecule has 1 aromatic carbocycles. The number of hydrogen-bond donors (Lipinski definition) is 1. The van der Waals surface area contributed by atoms with E-state index in [1.54, 1.807) is 0 Å². The largest absolute Gasteiger partial charge is 0.329 e. The van der Waals surface area contributed by atoms with Crippen molar-refractivity contribution in [2.45, 2.75) is 32.7 Å². The van der Waals surface area contributed by atoms with Crippen molar-refractivity contribution in [3.63, 3.8) is 0 Å². The van der Waals surface area contributed by atoms with Crippen molar-refractivity contribution in [1.82, 2.24) is 4.90 Å². The van der Waals surface area contributed by atoms with Gasteiger partial charge in [-0.15, -0.1) is 0 Å². The molecule has 118 valence electrons. The van der Waals surface area contributed by atoms with E-state index in [1.807, 2.05) is 0 Å². The Bertz CT molecular complexity index is 483. The van der Waals surface area contributed by atoms with Crippen LogP contribution in [0.5, 0.6) is 0 Å². The third-order valence-corrected chi connectivity index (χ3v) is 4.58. The zero-order chi connectivity index (χ0) is 15.6. The molecule has 0 saturated carbocycles. The Morgan fingerprint density at radius 3 is 2.19 bits per heavy atom. The Kier molecular flexibility index (Phi) is 5.27. The molecule has 21 heavy (non-hydrogen) atoms. The molecule has 0 bridgehead atoms. The first-order valence-electron chi connectivity index (χ1n) is 7.52. The van der Waals surface area contributed by atoms with Crippen molar-refractivity contribution in [3.05, 3.63) is 35.1 Å². The summed E-state index contributed by atoms with van der Waals surface area (Å²) in [5, 5.41) is 0. The van der Waals surface area contributed by atoms with E-state index >= 15 is 0 Å².